The standard InChI is InChI=1S/C24H26N2O5/c1-16-5-3-4-6-20(16)30-15-24(2)18(7-8-25)23(28)22-19(27)13-17(14-21(22)31-24)26-9-11-29-12-10-26/h3-6,13-14,18,27H,7,9-12,15H2,1-2H3. The second kappa shape index (κ2) is 8.48. The first-order chi connectivity index (χ1) is 14.9. The van der Waals surface area contributed by atoms with E-state index in [0.29, 0.717) is 37.8 Å². The second-order valence-corrected chi connectivity index (χ2v) is 8.19. The highest BCUT2D eigenvalue weighted by atomic mass is 16.5. The van der Waals surface area contributed by atoms with Gasteiger partial charge in [-0.3, -0.25) is 4.79 Å². The summed E-state index contributed by atoms with van der Waals surface area (Å²) < 4.78 is 17.7. The highest BCUT2D eigenvalue weighted by Gasteiger charge is 2.48. The highest BCUT2D eigenvalue weighted by molar-refractivity contribution is 6.05. The highest BCUT2D eigenvalue weighted by Crippen LogP contribution is 2.45. The summed E-state index contributed by atoms with van der Waals surface area (Å²) in [4.78, 5) is 15.4. The molecule has 1 saturated heterocycles. The van der Waals surface area contributed by atoms with Gasteiger partial charge < -0.3 is 24.2 Å². The number of aryl methyl sites for hydroxylation is 1. The van der Waals surface area contributed by atoms with E-state index in [1.807, 2.05) is 31.2 Å². The Balaban J connectivity index is 1.68. The maximum atomic E-state index is 13.3. The molecule has 0 bridgehead atoms. The molecule has 7 heteroatoms. The molecular formula is C24H26N2O5. The number of hydrogen-bond donors (Lipinski definition) is 1. The van der Waals surface area contributed by atoms with Crippen LogP contribution in [0, 0.1) is 24.2 Å². The monoisotopic (exact) mass is 422 g/mol. The van der Waals surface area contributed by atoms with E-state index in [1.165, 1.54) is 0 Å². The van der Waals surface area contributed by atoms with E-state index >= 15 is 0 Å². The lowest BCUT2D eigenvalue weighted by atomic mass is 9.78. The van der Waals surface area contributed by atoms with Crippen LogP contribution in [0.1, 0.15) is 29.3 Å². The van der Waals surface area contributed by atoms with Crippen LogP contribution in [0.4, 0.5) is 5.69 Å². The molecule has 2 heterocycles. The number of anilines is 1. The fourth-order valence-corrected chi connectivity index (χ4v) is 4.16. The Hall–Kier alpha value is -3.24. The number of carbonyl (C=O) groups is 1. The third kappa shape index (κ3) is 4.04. The van der Waals surface area contributed by atoms with Gasteiger partial charge in [-0.15, -0.1) is 0 Å². The van der Waals surface area contributed by atoms with Gasteiger partial charge in [0, 0.05) is 37.3 Å². The molecule has 2 aromatic carbocycles. The molecule has 2 unspecified atom stereocenters. The topological polar surface area (TPSA) is 92.0 Å². The minimum absolute atomic E-state index is 0.0312. The Labute approximate surface area is 181 Å². The summed E-state index contributed by atoms with van der Waals surface area (Å²) in [6, 6.07) is 13.1. The first kappa shape index (κ1) is 21.0. The lowest BCUT2D eigenvalue weighted by Crippen LogP contribution is -2.52. The van der Waals surface area contributed by atoms with E-state index < -0.39 is 11.5 Å². The van der Waals surface area contributed by atoms with Crippen LogP contribution in [0.5, 0.6) is 17.2 Å². The molecule has 1 fully saturated rings. The van der Waals surface area contributed by atoms with E-state index in [1.54, 1.807) is 19.1 Å². The summed E-state index contributed by atoms with van der Waals surface area (Å²) >= 11 is 0. The van der Waals surface area contributed by atoms with E-state index in [4.69, 9.17) is 14.2 Å². The number of fused-ring (bicyclic) bond motifs is 1. The maximum absolute atomic E-state index is 13.3. The number of phenolic OH excluding ortho intramolecular Hbond substituents is 1. The van der Waals surface area contributed by atoms with Gasteiger partial charge >= 0.3 is 0 Å². The summed E-state index contributed by atoms with van der Waals surface area (Å²) in [7, 11) is 0. The SMILES string of the molecule is Cc1ccccc1OCC1(C)Oc2cc(N3CCOCC3)cc(O)c2C(=O)C1CC#N. The van der Waals surface area contributed by atoms with Gasteiger partial charge in [-0.1, -0.05) is 18.2 Å². The minimum atomic E-state index is -1.06. The van der Waals surface area contributed by atoms with Crippen molar-refractivity contribution in [3.05, 3.63) is 47.5 Å². The zero-order chi connectivity index (χ0) is 22.0. The number of nitriles is 1. The molecule has 7 nitrogen and oxygen atoms in total. The van der Waals surface area contributed by atoms with Crippen LogP contribution < -0.4 is 14.4 Å². The Morgan fingerprint density at radius 1 is 1.29 bits per heavy atom. The summed E-state index contributed by atoms with van der Waals surface area (Å²) in [6.07, 6.45) is -0.0312. The number of rotatable bonds is 5. The molecule has 162 valence electrons. The summed E-state index contributed by atoms with van der Waals surface area (Å²) in [5, 5.41) is 20.0. The number of morpholine rings is 1. The molecule has 0 radical (unpaired) electrons. The van der Waals surface area contributed by atoms with Crippen molar-refractivity contribution in [1.29, 1.82) is 5.26 Å². The van der Waals surface area contributed by atoms with Crippen molar-refractivity contribution in [2.45, 2.75) is 25.9 Å². The number of benzene rings is 2. The van der Waals surface area contributed by atoms with Crippen LogP contribution in [0.3, 0.4) is 0 Å². The Bertz CT molecular complexity index is 1030. The summed E-state index contributed by atoms with van der Waals surface area (Å²) in [5.74, 6) is -0.171. The lowest BCUT2D eigenvalue weighted by molar-refractivity contribution is -0.0170. The maximum Gasteiger partial charge on any atom is 0.178 e. The number of Topliss-reactive ketones (excluding diaryl/α,β-unsaturated/α-hetero) is 1. The van der Waals surface area contributed by atoms with Crippen molar-refractivity contribution in [2.24, 2.45) is 5.92 Å². The van der Waals surface area contributed by atoms with E-state index in [-0.39, 0.29) is 30.1 Å². The van der Waals surface area contributed by atoms with Gasteiger partial charge in [-0.25, -0.2) is 0 Å². The van der Waals surface area contributed by atoms with Crippen molar-refractivity contribution < 1.29 is 24.1 Å². The van der Waals surface area contributed by atoms with Crippen LogP contribution in [0.25, 0.3) is 0 Å². The Morgan fingerprint density at radius 2 is 2.03 bits per heavy atom. The molecule has 2 aliphatic heterocycles. The van der Waals surface area contributed by atoms with Crippen LogP contribution in [-0.4, -0.2) is 49.4 Å². The first-order valence-corrected chi connectivity index (χ1v) is 10.4. The summed E-state index contributed by atoms with van der Waals surface area (Å²) in [6.45, 7) is 6.41. The average Bonchev–Trinajstić information content (AvgIpc) is 2.76. The van der Waals surface area contributed by atoms with Crippen LogP contribution in [-0.2, 0) is 4.74 Å². The second-order valence-electron chi connectivity index (χ2n) is 8.19. The van der Waals surface area contributed by atoms with E-state index in [9.17, 15) is 15.2 Å². The first-order valence-electron chi connectivity index (χ1n) is 10.4. The largest absolute Gasteiger partial charge is 0.507 e. The van der Waals surface area contributed by atoms with E-state index in [2.05, 4.69) is 11.0 Å². The molecule has 0 aliphatic carbocycles. The Kier molecular flexibility index (Phi) is 5.75. The molecule has 0 aromatic heterocycles. The van der Waals surface area contributed by atoms with Crippen molar-refractivity contribution in [3.63, 3.8) is 0 Å². The number of aromatic hydroxyl groups is 1. The van der Waals surface area contributed by atoms with Crippen molar-refractivity contribution in [1.82, 2.24) is 0 Å². The molecule has 0 amide bonds. The smallest absolute Gasteiger partial charge is 0.178 e. The van der Waals surface area contributed by atoms with Crippen molar-refractivity contribution >= 4 is 11.5 Å². The third-order valence-corrected chi connectivity index (χ3v) is 5.99. The van der Waals surface area contributed by atoms with Crippen molar-refractivity contribution in [2.75, 3.05) is 37.8 Å². The number of hydrogen-bond acceptors (Lipinski definition) is 7. The lowest BCUT2D eigenvalue weighted by Gasteiger charge is -2.41. The quantitative estimate of drug-likeness (QED) is 0.789. The van der Waals surface area contributed by atoms with E-state index in [0.717, 1.165) is 11.3 Å². The molecule has 1 N–H and O–H groups in total. The molecule has 31 heavy (non-hydrogen) atoms. The molecule has 0 saturated carbocycles. The predicted molar refractivity (Wildman–Crippen MR) is 115 cm³/mol. The number of ketones is 1. The zero-order valence-electron chi connectivity index (χ0n) is 17.8. The predicted octanol–water partition coefficient (Wildman–Crippen LogP) is 3.48. The molecule has 4 rings (SSSR count). The fraction of sp³-hybridized carbons (Fsp3) is 0.417. The molecule has 2 aromatic rings. The minimum Gasteiger partial charge on any atom is -0.507 e. The third-order valence-electron chi connectivity index (χ3n) is 5.99. The Morgan fingerprint density at radius 3 is 2.74 bits per heavy atom. The number of phenols is 1. The van der Waals surface area contributed by atoms with Crippen LogP contribution in [0.15, 0.2) is 36.4 Å². The normalized spacial score (nSPS) is 22.9. The van der Waals surface area contributed by atoms with Gasteiger partial charge in [0.25, 0.3) is 0 Å². The molecule has 2 atom stereocenters. The van der Waals surface area contributed by atoms with Crippen LogP contribution in [0.2, 0.25) is 0 Å². The van der Waals surface area contributed by atoms with Crippen LogP contribution >= 0.6 is 0 Å². The average molecular weight is 422 g/mol. The fourth-order valence-electron chi connectivity index (χ4n) is 4.16. The van der Waals surface area contributed by atoms with Gasteiger partial charge in [0.15, 0.2) is 11.4 Å². The van der Waals surface area contributed by atoms with Gasteiger partial charge in [0.2, 0.25) is 0 Å². The summed E-state index contributed by atoms with van der Waals surface area (Å²) in [5.41, 5.74) is 0.814. The zero-order valence-corrected chi connectivity index (χ0v) is 17.8. The number of ether oxygens (including phenoxy) is 3. The van der Waals surface area contributed by atoms with Gasteiger partial charge in [0.1, 0.15) is 29.4 Å². The van der Waals surface area contributed by atoms with Gasteiger partial charge in [-0.05, 0) is 25.5 Å². The number of nitrogens with zero attached hydrogens (tertiary/aromatic N) is 2. The molecule has 2 aliphatic rings. The number of carbonyl (C=O) groups excluding carboxylic acids is 1. The van der Waals surface area contributed by atoms with Crippen molar-refractivity contribution in [3.8, 4) is 23.3 Å². The molecular weight excluding hydrogens is 396 g/mol. The van der Waals surface area contributed by atoms with Gasteiger partial charge in [-0.2, -0.15) is 5.26 Å². The number of para-hydroxylation sites is 1. The van der Waals surface area contributed by atoms with Gasteiger partial charge in [0.05, 0.1) is 25.2 Å². The molecule has 0 spiro atoms.